The molecule has 0 aromatic carbocycles. The number of aromatic nitrogens is 1. The molecule has 1 N–H and O–H groups in total. The first-order valence-corrected chi connectivity index (χ1v) is 5.94. The van der Waals surface area contributed by atoms with Crippen LogP contribution < -0.4 is 5.32 Å². The molecule has 2 rings (SSSR count). The minimum Gasteiger partial charge on any atom is -0.378 e. The van der Waals surface area contributed by atoms with E-state index in [1.807, 2.05) is 0 Å². The van der Waals surface area contributed by atoms with Crippen molar-refractivity contribution < 1.29 is 14.4 Å². The van der Waals surface area contributed by atoms with Crippen LogP contribution in [0.4, 0.5) is 10.1 Å². The maximum Gasteiger partial charge on any atom is 0.345 e. The van der Waals surface area contributed by atoms with Crippen LogP contribution in [-0.2, 0) is 9.47 Å². The van der Waals surface area contributed by atoms with Crippen LogP contribution in [0.15, 0.2) is 6.20 Å². The molecule has 1 unspecified atom stereocenters. The topological polar surface area (TPSA) is 86.5 Å². The smallest absolute Gasteiger partial charge is 0.345 e. The second kappa shape index (κ2) is 4.94. The summed E-state index contributed by atoms with van der Waals surface area (Å²) in [7, 11) is 1.64. The zero-order valence-corrected chi connectivity index (χ0v) is 10.2. The van der Waals surface area contributed by atoms with Crippen molar-refractivity contribution in [2.75, 3.05) is 32.2 Å². The van der Waals surface area contributed by atoms with Gasteiger partial charge in [0.05, 0.1) is 11.5 Å². The monoisotopic (exact) mass is 259 g/mol. The molecule has 0 radical (unpaired) electrons. The van der Waals surface area contributed by atoms with Crippen molar-refractivity contribution in [2.45, 2.75) is 12.0 Å². The molecular formula is C9H13N3O4S. The van der Waals surface area contributed by atoms with E-state index >= 15 is 0 Å². The SMILES string of the molecule is COC1(CNc2ncc([N+](=O)[O-])s2)CCOC1. The molecule has 1 aliphatic rings. The lowest BCUT2D eigenvalue weighted by molar-refractivity contribution is -0.380. The Morgan fingerprint density at radius 2 is 2.65 bits per heavy atom. The molecule has 94 valence electrons. The van der Waals surface area contributed by atoms with Crippen LogP contribution in [0.1, 0.15) is 6.42 Å². The van der Waals surface area contributed by atoms with Gasteiger partial charge in [0.25, 0.3) is 0 Å². The third kappa shape index (κ3) is 2.71. The number of rotatable bonds is 5. The van der Waals surface area contributed by atoms with E-state index in [1.165, 1.54) is 6.20 Å². The van der Waals surface area contributed by atoms with Crippen LogP contribution in [0.3, 0.4) is 0 Å². The fraction of sp³-hybridized carbons (Fsp3) is 0.667. The van der Waals surface area contributed by atoms with Gasteiger partial charge in [-0.2, -0.15) is 0 Å². The summed E-state index contributed by atoms with van der Waals surface area (Å²) in [4.78, 5) is 14.0. The molecule has 1 atom stereocenters. The Hall–Kier alpha value is -1.25. The van der Waals surface area contributed by atoms with E-state index in [9.17, 15) is 10.1 Å². The second-order valence-corrected chi connectivity index (χ2v) is 4.81. The summed E-state index contributed by atoms with van der Waals surface area (Å²) in [5.74, 6) is 0. The summed E-state index contributed by atoms with van der Waals surface area (Å²) in [6, 6.07) is 0. The van der Waals surface area contributed by atoms with Crippen molar-refractivity contribution in [3.8, 4) is 0 Å². The summed E-state index contributed by atoms with van der Waals surface area (Å²) >= 11 is 1.02. The van der Waals surface area contributed by atoms with Gasteiger partial charge in [-0.15, -0.1) is 0 Å². The predicted molar refractivity (Wildman–Crippen MR) is 62.4 cm³/mol. The minimum absolute atomic E-state index is 0.0293. The van der Waals surface area contributed by atoms with Crippen molar-refractivity contribution in [3.05, 3.63) is 16.3 Å². The highest BCUT2D eigenvalue weighted by molar-refractivity contribution is 7.18. The highest BCUT2D eigenvalue weighted by atomic mass is 32.1. The zero-order chi connectivity index (χ0) is 12.3. The van der Waals surface area contributed by atoms with E-state index in [4.69, 9.17) is 9.47 Å². The molecule has 0 bridgehead atoms. The van der Waals surface area contributed by atoms with Gasteiger partial charge in [0.2, 0.25) is 0 Å². The quantitative estimate of drug-likeness (QED) is 0.633. The van der Waals surface area contributed by atoms with Crippen molar-refractivity contribution in [2.24, 2.45) is 0 Å². The molecule has 1 aromatic heterocycles. The van der Waals surface area contributed by atoms with Gasteiger partial charge in [0.1, 0.15) is 11.8 Å². The number of nitro groups is 1. The van der Waals surface area contributed by atoms with Crippen molar-refractivity contribution in [3.63, 3.8) is 0 Å². The molecule has 8 heteroatoms. The first kappa shape index (κ1) is 12.2. The zero-order valence-electron chi connectivity index (χ0n) is 9.34. The number of anilines is 1. The molecule has 2 heterocycles. The molecule has 17 heavy (non-hydrogen) atoms. The van der Waals surface area contributed by atoms with Crippen molar-refractivity contribution in [1.29, 1.82) is 0 Å². The van der Waals surface area contributed by atoms with E-state index in [-0.39, 0.29) is 10.6 Å². The molecule has 7 nitrogen and oxygen atoms in total. The van der Waals surface area contributed by atoms with Crippen LogP contribution in [0.2, 0.25) is 0 Å². The van der Waals surface area contributed by atoms with Gasteiger partial charge in [-0.25, -0.2) is 4.98 Å². The molecular weight excluding hydrogens is 246 g/mol. The lowest BCUT2D eigenvalue weighted by Crippen LogP contribution is -2.39. The van der Waals surface area contributed by atoms with Crippen LogP contribution in [0.25, 0.3) is 0 Å². The summed E-state index contributed by atoms with van der Waals surface area (Å²) in [5.41, 5.74) is -0.347. The maximum absolute atomic E-state index is 10.5. The lowest BCUT2D eigenvalue weighted by atomic mass is 10.0. The molecule has 1 aromatic rings. The van der Waals surface area contributed by atoms with E-state index in [2.05, 4.69) is 10.3 Å². The molecule has 0 spiro atoms. The average Bonchev–Trinajstić information content (AvgIpc) is 2.96. The number of hydrogen-bond acceptors (Lipinski definition) is 7. The number of nitrogens with one attached hydrogen (secondary N) is 1. The van der Waals surface area contributed by atoms with Crippen LogP contribution >= 0.6 is 11.3 Å². The molecule has 0 saturated carbocycles. The van der Waals surface area contributed by atoms with E-state index < -0.39 is 4.92 Å². The first-order chi connectivity index (χ1) is 8.15. The molecule has 0 aliphatic carbocycles. The maximum atomic E-state index is 10.5. The van der Waals surface area contributed by atoms with Crippen LogP contribution in [0, 0.1) is 10.1 Å². The summed E-state index contributed by atoms with van der Waals surface area (Å²) in [6.45, 7) is 1.74. The predicted octanol–water partition coefficient (Wildman–Crippen LogP) is 1.27. The fourth-order valence-corrected chi connectivity index (χ4v) is 2.26. The van der Waals surface area contributed by atoms with Gasteiger partial charge in [-0.3, -0.25) is 10.1 Å². The van der Waals surface area contributed by atoms with E-state index in [1.54, 1.807) is 7.11 Å². The standard InChI is InChI=1S/C9H13N3O4S/c1-15-9(2-3-16-6-9)5-11-8-10-4-7(17-8)12(13)14/h4H,2-3,5-6H2,1H3,(H,10,11). The largest absolute Gasteiger partial charge is 0.378 e. The molecule has 1 fully saturated rings. The Kier molecular flexibility index (Phi) is 3.55. The van der Waals surface area contributed by atoms with Gasteiger partial charge in [-0.1, -0.05) is 0 Å². The number of thiazole rings is 1. The molecule has 0 amide bonds. The fourth-order valence-electron chi connectivity index (χ4n) is 1.63. The van der Waals surface area contributed by atoms with Crippen LogP contribution in [-0.4, -0.2) is 42.4 Å². The lowest BCUT2D eigenvalue weighted by Gasteiger charge is -2.25. The van der Waals surface area contributed by atoms with Gasteiger partial charge in [0, 0.05) is 26.7 Å². The molecule has 1 aliphatic heterocycles. The van der Waals surface area contributed by atoms with E-state index in [0.717, 1.165) is 17.8 Å². The normalized spacial score (nSPS) is 23.8. The second-order valence-electron chi connectivity index (χ2n) is 3.80. The van der Waals surface area contributed by atoms with Gasteiger partial charge < -0.3 is 14.8 Å². The highest BCUT2D eigenvalue weighted by Crippen LogP contribution is 2.27. The third-order valence-corrected chi connectivity index (χ3v) is 3.64. The summed E-state index contributed by atoms with van der Waals surface area (Å²) in [5, 5.41) is 14.1. The number of methoxy groups -OCH3 is 1. The number of nitrogens with zero attached hydrogens (tertiary/aromatic N) is 2. The average molecular weight is 259 g/mol. The Balaban J connectivity index is 1.94. The van der Waals surface area contributed by atoms with Crippen molar-refractivity contribution in [1.82, 2.24) is 4.98 Å². The molecule has 1 saturated heterocycles. The number of ether oxygens (including phenoxy) is 2. The Labute approximate surface area is 102 Å². The van der Waals surface area contributed by atoms with Crippen LogP contribution in [0.5, 0.6) is 0 Å². The Morgan fingerprint density at radius 1 is 1.82 bits per heavy atom. The highest BCUT2D eigenvalue weighted by Gasteiger charge is 2.35. The van der Waals surface area contributed by atoms with Gasteiger partial charge >= 0.3 is 5.00 Å². The Bertz CT molecular complexity index is 403. The van der Waals surface area contributed by atoms with Gasteiger partial charge in [0.15, 0.2) is 5.13 Å². The summed E-state index contributed by atoms with van der Waals surface area (Å²) in [6.07, 6.45) is 2.06. The summed E-state index contributed by atoms with van der Waals surface area (Å²) < 4.78 is 10.7. The van der Waals surface area contributed by atoms with Gasteiger partial charge in [-0.05, 0) is 11.3 Å². The first-order valence-electron chi connectivity index (χ1n) is 5.12. The van der Waals surface area contributed by atoms with Crippen molar-refractivity contribution >= 4 is 21.5 Å². The number of hydrogen-bond donors (Lipinski definition) is 1. The van der Waals surface area contributed by atoms with E-state index in [0.29, 0.717) is 24.9 Å². The third-order valence-electron chi connectivity index (χ3n) is 2.74. The minimum atomic E-state index is -0.451. The Morgan fingerprint density at radius 3 is 3.18 bits per heavy atom.